The molecule has 3 aromatic carbocycles. The van der Waals surface area contributed by atoms with Crippen molar-refractivity contribution in [1.82, 2.24) is 19.5 Å². The summed E-state index contributed by atoms with van der Waals surface area (Å²) in [5.41, 5.74) is -1.90. The summed E-state index contributed by atoms with van der Waals surface area (Å²) < 4.78 is 73.4. The van der Waals surface area contributed by atoms with Gasteiger partial charge in [0, 0.05) is 0 Å². The van der Waals surface area contributed by atoms with E-state index in [2.05, 4.69) is 20.1 Å². The number of anilines is 1. The molecule has 4 aromatic rings. The summed E-state index contributed by atoms with van der Waals surface area (Å²) in [5, 5.41) is 6.04. The van der Waals surface area contributed by atoms with E-state index in [0.717, 1.165) is 12.3 Å². The average molecular weight is 548 g/mol. The number of aromatic nitrogens is 3. The molecule has 2 N–H and O–H groups in total. The minimum atomic E-state index is -3.92. The predicted molar refractivity (Wildman–Crippen MR) is 135 cm³/mol. The van der Waals surface area contributed by atoms with Crippen molar-refractivity contribution in [3.63, 3.8) is 0 Å². The molecule has 1 amide bonds. The van der Waals surface area contributed by atoms with E-state index in [1.807, 2.05) is 36.4 Å². The van der Waals surface area contributed by atoms with Gasteiger partial charge in [0.1, 0.15) is 30.5 Å². The molecule has 9 nitrogen and oxygen atoms in total. The van der Waals surface area contributed by atoms with Gasteiger partial charge in [0.15, 0.2) is 17.5 Å². The number of hydrogen-bond acceptors (Lipinski definition) is 6. The molecule has 0 fully saturated rings. The fourth-order valence-electron chi connectivity index (χ4n) is 3.08. The van der Waals surface area contributed by atoms with Gasteiger partial charge in [0.05, 0.1) is 17.6 Å². The number of nitrogens with one attached hydrogen (secondary N) is 2. The minimum Gasteiger partial charge on any atom is -0.491 e. The maximum Gasteiger partial charge on any atom is 0.248 e. The number of rotatable bonds is 8. The normalized spacial score (nSPS) is 12.6. The third-order valence-corrected chi connectivity index (χ3v) is 5.73. The van der Waals surface area contributed by atoms with Crippen LogP contribution in [0.4, 0.5) is 18.9 Å². The van der Waals surface area contributed by atoms with Gasteiger partial charge in [-0.3, -0.25) is 4.79 Å². The second-order valence-corrected chi connectivity index (χ2v) is 9.91. The lowest BCUT2D eigenvalue weighted by Crippen LogP contribution is -2.58. The lowest BCUT2D eigenvalue weighted by molar-refractivity contribution is -0.122. The molecule has 1 aromatic heterocycles. The highest BCUT2D eigenvalue weighted by Crippen LogP contribution is 2.22. The van der Waals surface area contributed by atoms with Crippen LogP contribution in [0.15, 0.2) is 85.5 Å². The molecule has 0 bridgehead atoms. The van der Waals surface area contributed by atoms with Crippen molar-refractivity contribution >= 4 is 21.6 Å². The molecule has 1 unspecified atom stereocenters. The van der Waals surface area contributed by atoms with E-state index in [-0.39, 0.29) is 0 Å². The summed E-state index contributed by atoms with van der Waals surface area (Å²) in [7, 11) is -3.92. The Morgan fingerprint density at radius 3 is 2.11 bits per heavy atom. The number of amides is 1. The third-order valence-electron chi connectivity index (χ3n) is 4.91. The van der Waals surface area contributed by atoms with Crippen molar-refractivity contribution in [1.29, 1.82) is 0 Å². The van der Waals surface area contributed by atoms with E-state index in [9.17, 15) is 26.4 Å². The summed E-state index contributed by atoms with van der Waals surface area (Å²) >= 11 is 0. The maximum absolute atomic E-state index is 13.9. The predicted octanol–water partition coefficient (Wildman–Crippen LogP) is 3.70. The largest absolute Gasteiger partial charge is 0.491 e. The summed E-state index contributed by atoms with van der Waals surface area (Å²) in [6.45, 7) is 0.699. The maximum atomic E-state index is 13.9. The SMILES string of the molecule is CC(COc1ccc(-n2cncn2)cc1)(NS(C)(=O)=O)C(=O)Nc1ccc(F)c(F)c1F.c1ccccc1. The van der Waals surface area contributed by atoms with Crippen LogP contribution in [0.1, 0.15) is 6.92 Å². The van der Waals surface area contributed by atoms with Gasteiger partial charge in [-0.25, -0.2) is 31.3 Å². The molecule has 0 aliphatic rings. The van der Waals surface area contributed by atoms with E-state index in [1.165, 1.54) is 24.3 Å². The average Bonchev–Trinajstić information content (AvgIpc) is 3.44. The number of nitrogens with zero attached hydrogens (tertiary/aromatic N) is 3. The Bertz CT molecular complexity index is 1430. The van der Waals surface area contributed by atoms with Gasteiger partial charge in [0.2, 0.25) is 15.9 Å². The number of sulfonamides is 1. The molecule has 0 spiro atoms. The van der Waals surface area contributed by atoms with Crippen molar-refractivity contribution in [2.24, 2.45) is 0 Å². The van der Waals surface area contributed by atoms with Crippen LogP contribution < -0.4 is 14.8 Å². The first-order chi connectivity index (χ1) is 18.0. The highest BCUT2D eigenvalue weighted by molar-refractivity contribution is 7.88. The highest BCUT2D eigenvalue weighted by atomic mass is 32.2. The first-order valence-corrected chi connectivity index (χ1v) is 12.9. The molecule has 1 atom stereocenters. The Hall–Kier alpha value is -4.23. The van der Waals surface area contributed by atoms with Gasteiger partial charge in [-0.1, -0.05) is 36.4 Å². The summed E-state index contributed by atoms with van der Waals surface area (Å²) in [6.07, 6.45) is 3.68. The van der Waals surface area contributed by atoms with Gasteiger partial charge in [0.25, 0.3) is 0 Å². The van der Waals surface area contributed by atoms with Crippen LogP contribution >= 0.6 is 0 Å². The fourth-order valence-corrected chi connectivity index (χ4v) is 4.05. The van der Waals surface area contributed by atoms with Crippen LogP contribution in [-0.4, -0.2) is 47.5 Å². The molecular weight excluding hydrogens is 523 g/mol. The van der Waals surface area contributed by atoms with Crippen molar-refractivity contribution < 1.29 is 31.1 Å². The second kappa shape index (κ2) is 12.3. The van der Waals surface area contributed by atoms with Crippen molar-refractivity contribution in [2.75, 3.05) is 18.2 Å². The highest BCUT2D eigenvalue weighted by Gasteiger charge is 2.38. The minimum absolute atomic E-state index is 0.294. The van der Waals surface area contributed by atoms with Crippen LogP contribution in [0.3, 0.4) is 0 Å². The zero-order valence-corrected chi connectivity index (χ0v) is 21.1. The monoisotopic (exact) mass is 547 g/mol. The molecule has 0 saturated heterocycles. The first-order valence-electron chi connectivity index (χ1n) is 11.0. The summed E-state index contributed by atoms with van der Waals surface area (Å²) in [4.78, 5) is 16.6. The first kappa shape index (κ1) is 28.3. The molecule has 0 aliphatic carbocycles. The number of halogens is 3. The quantitative estimate of drug-likeness (QED) is 0.325. The van der Waals surface area contributed by atoms with Crippen LogP contribution in [0.5, 0.6) is 5.75 Å². The van der Waals surface area contributed by atoms with Crippen LogP contribution in [0.2, 0.25) is 0 Å². The van der Waals surface area contributed by atoms with Gasteiger partial charge < -0.3 is 10.1 Å². The molecule has 13 heteroatoms. The number of carbonyl (C=O) groups is 1. The van der Waals surface area contributed by atoms with E-state index in [1.54, 1.807) is 24.3 Å². The van der Waals surface area contributed by atoms with Gasteiger partial charge in [-0.15, -0.1) is 0 Å². The zero-order chi connectivity index (χ0) is 27.8. The number of hydrogen-bond donors (Lipinski definition) is 2. The fraction of sp³-hybridized carbons (Fsp3) is 0.160. The second-order valence-electron chi connectivity index (χ2n) is 8.16. The van der Waals surface area contributed by atoms with E-state index in [0.29, 0.717) is 17.5 Å². The molecule has 4 rings (SSSR count). The molecule has 0 saturated carbocycles. The molecular formula is C25H24F3N5O4S. The molecule has 1 heterocycles. The van der Waals surface area contributed by atoms with Gasteiger partial charge in [-0.05, 0) is 43.3 Å². The van der Waals surface area contributed by atoms with Gasteiger partial charge >= 0.3 is 0 Å². The Kier molecular flexibility index (Phi) is 9.20. The standard InChI is InChI=1S/C19H18F3N5O4S.C6H6/c1-19(26-32(2,29)30,18(28)25-15-8-7-14(20)16(21)17(15)22)9-31-13-5-3-12(4-6-13)27-11-23-10-24-27;1-2-4-6-5-3-1/h3-8,10-11,26H,9H2,1-2H3,(H,25,28);1-6H. The molecule has 0 radical (unpaired) electrons. The van der Waals surface area contributed by atoms with Crippen molar-refractivity contribution in [2.45, 2.75) is 12.5 Å². The third kappa shape index (κ3) is 7.88. The Labute approximate surface area is 217 Å². The van der Waals surface area contributed by atoms with E-state index < -0.39 is 51.2 Å². The van der Waals surface area contributed by atoms with Crippen LogP contribution in [0, 0.1) is 17.5 Å². The van der Waals surface area contributed by atoms with Crippen LogP contribution in [0.25, 0.3) is 5.69 Å². The lowest BCUT2D eigenvalue weighted by Gasteiger charge is -2.28. The van der Waals surface area contributed by atoms with Crippen molar-refractivity contribution in [3.05, 3.63) is 103 Å². The Morgan fingerprint density at radius 1 is 0.974 bits per heavy atom. The summed E-state index contributed by atoms with van der Waals surface area (Å²) in [5.74, 6) is -5.58. The zero-order valence-electron chi connectivity index (χ0n) is 20.3. The number of benzene rings is 3. The van der Waals surface area contributed by atoms with Gasteiger partial charge in [-0.2, -0.15) is 9.82 Å². The van der Waals surface area contributed by atoms with Crippen molar-refractivity contribution in [3.8, 4) is 11.4 Å². The topological polar surface area (TPSA) is 115 Å². The smallest absolute Gasteiger partial charge is 0.248 e. The Morgan fingerprint density at radius 2 is 1.58 bits per heavy atom. The number of ether oxygens (including phenoxy) is 1. The molecule has 200 valence electrons. The number of carbonyl (C=O) groups excluding carboxylic acids is 1. The molecule has 38 heavy (non-hydrogen) atoms. The Balaban J connectivity index is 0.000000585. The lowest BCUT2D eigenvalue weighted by atomic mass is 10.0. The molecule has 0 aliphatic heterocycles. The van der Waals surface area contributed by atoms with Crippen LogP contribution in [-0.2, 0) is 14.8 Å². The van der Waals surface area contributed by atoms with E-state index in [4.69, 9.17) is 4.74 Å². The summed E-state index contributed by atoms with van der Waals surface area (Å²) in [6, 6.07) is 19.9. The van der Waals surface area contributed by atoms with E-state index >= 15 is 0 Å².